The second kappa shape index (κ2) is 5.38. The predicted molar refractivity (Wildman–Crippen MR) is 60.7 cm³/mol. The molecule has 17 heavy (non-hydrogen) atoms. The number of carboxylic acids is 1. The molecule has 0 aromatic carbocycles. The van der Waals surface area contributed by atoms with E-state index < -0.39 is 5.97 Å². The van der Waals surface area contributed by atoms with Gasteiger partial charge in [-0.3, -0.25) is 9.59 Å². The fraction of sp³-hybridized carbons (Fsp3) is 0.455. The van der Waals surface area contributed by atoms with Gasteiger partial charge in [-0.25, -0.2) is 9.97 Å². The van der Waals surface area contributed by atoms with Crippen molar-refractivity contribution in [3.05, 3.63) is 23.3 Å². The van der Waals surface area contributed by atoms with Crippen molar-refractivity contribution < 1.29 is 14.7 Å². The van der Waals surface area contributed by atoms with Gasteiger partial charge in [0.15, 0.2) is 0 Å². The molecule has 0 bridgehead atoms. The molecule has 1 N–H and O–H groups in total. The van der Waals surface area contributed by atoms with Gasteiger partial charge in [0.1, 0.15) is 11.5 Å². The number of nitrogens with zero attached hydrogens (tertiary/aromatic N) is 3. The van der Waals surface area contributed by atoms with Gasteiger partial charge in [-0.1, -0.05) is 0 Å². The molecule has 0 atom stereocenters. The number of carbonyl (C=O) groups is 2. The summed E-state index contributed by atoms with van der Waals surface area (Å²) in [5.74, 6) is -0.695. The summed E-state index contributed by atoms with van der Waals surface area (Å²) in [6.45, 7) is 3.65. The van der Waals surface area contributed by atoms with Crippen molar-refractivity contribution in [2.24, 2.45) is 0 Å². The quantitative estimate of drug-likeness (QED) is 0.830. The molecule has 6 heteroatoms. The molecule has 1 amide bonds. The highest BCUT2D eigenvalue weighted by Gasteiger charge is 2.15. The maximum atomic E-state index is 11.9. The summed E-state index contributed by atoms with van der Waals surface area (Å²) in [5, 5.41) is 8.54. The Bertz CT molecular complexity index is 425. The van der Waals surface area contributed by atoms with Gasteiger partial charge >= 0.3 is 5.97 Å². The molecule has 92 valence electrons. The molecule has 0 aliphatic carbocycles. The summed E-state index contributed by atoms with van der Waals surface area (Å²) in [5.41, 5.74) is 1.01. The summed E-state index contributed by atoms with van der Waals surface area (Å²) in [6, 6.07) is 1.59. The largest absolute Gasteiger partial charge is 0.481 e. The standard InChI is InChI=1S/C11H15N3O3/c1-7-6-9(13-8(2)12-7)11(17)14(3)5-4-10(15)16/h6H,4-5H2,1-3H3,(H,15,16). The van der Waals surface area contributed by atoms with E-state index >= 15 is 0 Å². The maximum Gasteiger partial charge on any atom is 0.305 e. The van der Waals surface area contributed by atoms with Gasteiger partial charge in [0.2, 0.25) is 0 Å². The number of hydrogen-bond donors (Lipinski definition) is 1. The Morgan fingerprint density at radius 1 is 1.35 bits per heavy atom. The minimum absolute atomic E-state index is 0.0781. The van der Waals surface area contributed by atoms with Crippen LogP contribution < -0.4 is 0 Å². The molecule has 0 fully saturated rings. The molecule has 1 rings (SSSR count). The zero-order valence-corrected chi connectivity index (χ0v) is 10.1. The number of carbonyl (C=O) groups excluding carboxylic acids is 1. The van der Waals surface area contributed by atoms with Crippen molar-refractivity contribution >= 4 is 11.9 Å². The van der Waals surface area contributed by atoms with Gasteiger partial charge in [0, 0.05) is 19.3 Å². The fourth-order valence-corrected chi connectivity index (χ4v) is 1.39. The first-order valence-electron chi connectivity index (χ1n) is 5.19. The van der Waals surface area contributed by atoms with Gasteiger partial charge in [-0.2, -0.15) is 0 Å². The lowest BCUT2D eigenvalue weighted by Crippen LogP contribution is -2.30. The lowest BCUT2D eigenvalue weighted by molar-refractivity contribution is -0.137. The fourth-order valence-electron chi connectivity index (χ4n) is 1.39. The molecule has 0 spiro atoms. The van der Waals surface area contributed by atoms with Crippen molar-refractivity contribution in [3.8, 4) is 0 Å². The molecule has 1 heterocycles. The number of rotatable bonds is 4. The van der Waals surface area contributed by atoms with E-state index in [0.717, 1.165) is 0 Å². The summed E-state index contributed by atoms with van der Waals surface area (Å²) in [4.78, 5) is 31.8. The Morgan fingerprint density at radius 2 is 2.00 bits per heavy atom. The number of aryl methyl sites for hydroxylation is 2. The zero-order valence-electron chi connectivity index (χ0n) is 10.1. The third-order valence-electron chi connectivity index (χ3n) is 2.19. The highest BCUT2D eigenvalue weighted by Crippen LogP contribution is 2.04. The first kappa shape index (κ1) is 13.1. The molecule has 0 saturated carbocycles. The number of aliphatic carboxylic acids is 1. The minimum Gasteiger partial charge on any atom is -0.481 e. The number of amides is 1. The molecular weight excluding hydrogens is 222 g/mol. The van der Waals surface area contributed by atoms with Gasteiger partial charge in [0.05, 0.1) is 6.42 Å². The van der Waals surface area contributed by atoms with Crippen LogP contribution in [0.25, 0.3) is 0 Å². The average molecular weight is 237 g/mol. The first-order chi connectivity index (χ1) is 7.90. The van der Waals surface area contributed by atoms with E-state index in [0.29, 0.717) is 17.2 Å². The monoisotopic (exact) mass is 237 g/mol. The lowest BCUT2D eigenvalue weighted by Gasteiger charge is -2.15. The van der Waals surface area contributed by atoms with Crippen molar-refractivity contribution in [1.82, 2.24) is 14.9 Å². The maximum absolute atomic E-state index is 11.9. The SMILES string of the molecule is Cc1cc(C(=O)N(C)CCC(=O)O)nc(C)n1. The molecule has 0 unspecified atom stereocenters. The zero-order chi connectivity index (χ0) is 13.0. The topological polar surface area (TPSA) is 83.4 Å². The second-order valence-electron chi connectivity index (χ2n) is 3.81. The van der Waals surface area contributed by atoms with Gasteiger partial charge in [-0.15, -0.1) is 0 Å². The number of aromatic nitrogens is 2. The van der Waals surface area contributed by atoms with E-state index in [1.54, 1.807) is 27.0 Å². The molecule has 1 aromatic rings. The average Bonchev–Trinajstić information content (AvgIpc) is 2.23. The third-order valence-corrected chi connectivity index (χ3v) is 2.19. The Morgan fingerprint density at radius 3 is 2.53 bits per heavy atom. The van der Waals surface area contributed by atoms with Crippen LogP contribution in [-0.2, 0) is 4.79 Å². The van der Waals surface area contributed by atoms with Gasteiger partial charge in [0.25, 0.3) is 5.91 Å². The molecule has 0 radical (unpaired) electrons. The molecule has 0 aliphatic heterocycles. The number of hydrogen-bond acceptors (Lipinski definition) is 4. The van der Waals surface area contributed by atoms with E-state index in [1.807, 2.05) is 0 Å². The summed E-state index contributed by atoms with van der Waals surface area (Å²) < 4.78 is 0. The van der Waals surface area contributed by atoms with Crippen LogP contribution in [-0.4, -0.2) is 45.4 Å². The highest BCUT2D eigenvalue weighted by molar-refractivity contribution is 5.92. The van der Waals surface area contributed by atoms with Gasteiger partial charge in [-0.05, 0) is 19.9 Å². The number of carboxylic acid groups (broad SMARTS) is 1. The Balaban J connectivity index is 2.77. The Hall–Kier alpha value is -1.98. The molecule has 1 aromatic heterocycles. The summed E-state index contributed by atoms with van der Waals surface area (Å²) in [7, 11) is 1.55. The van der Waals surface area contributed by atoms with Crippen LogP contribution in [0.4, 0.5) is 0 Å². The van der Waals surface area contributed by atoms with Crippen molar-refractivity contribution in [3.63, 3.8) is 0 Å². The van der Waals surface area contributed by atoms with E-state index in [-0.39, 0.29) is 18.9 Å². The van der Waals surface area contributed by atoms with Crippen molar-refractivity contribution in [2.75, 3.05) is 13.6 Å². The molecular formula is C11H15N3O3. The second-order valence-corrected chi connectivity index (χ2v) is 3.81. The van der Waals surface area contributed by atoms with Crippen LogP contribution in [0, 0.1) is 13.8 Å². The smallest absolute Gasteiger partial charge is 0.305 e. The van der Waals surface area contributed by atoms with E-state index in [1.165, 1.54) is 4.90 Å². The summed E-state index contributed by atoms with van der Waals surface area (Å²) in [6.07, 6.45) is -0.0781. The predicted octanol–water partition coefficient (Wildman–Crippen LogP) is 0.640. The normalized spacial score (nSPS) is 10.1. The van der Waals surface area contributed by atoms with Crippen LogP contribution in [0.2, 0.25) is 0 Å². The Labute approximate surface area is 99.3 Å². The van der Waals surface area contributed by atoms with Crippen LogP contribution in [0.3, 0.4) is 0 Å². The molecule has 6 nitrogen and oxygen atoms in total. The van der Waals surface area contributed by atoms with Crippen LogP contribution in [0.1, 0.15) is 28.4 Å². The third kappa shape index (κ3) is 3.82. The van der Waals surface area contributed by atoms with E-state index in [4.69, 9.17) is 5.11 Å². The van der Waals surface area contributed by atoms with Crippen LogP contribution in [0.5, 0.6) is 0 Å². The highest BCUT2D eigenvalue weighted by atomic mass is 16.4. The summed E-state index contributed by atoms with van der Waals surface area (Å²) >= 11 is 0. The van der Waals surface area contributed by atoms with Crippen LogP contribution in [0.15, 0.2) is 6.07 Å². The van der Waals surface area contributed by atoms with Crippen molar-refractivity contribution in [1.29, 1.82) is 0 Å². The minimum atomic E-state index is -0.931. The lowest BCUT2D eigenvalue weighted by atomic mass is 10.3. The van der Waals surface area contributed by atoms with E-state index in [2.05, 4.69) is 9.97 Å². The molecule has 0 aliphatic rings. The molecule has 0 saturated heterocycles. The van der Waals surface area contributed by atoms with E-state index in [9.17, 15) is 9.59 Å². The van der Waals surface area contributed by atoms with Crippen LogP contribution >= 0.6 is 0 Å². The Kier molecular flexibility index (Phi) is 4.14. The van der Waals surface area contributed by atoms with Crippen molar-refractivity contribution in [2.45, 2.75) is 20.3 Å². The van der Waals surface area contributed by atoms with Gasteiger partial charge < -0.3 is 10.0 Å². The first-order valence-corrected chi connectivity index (χ1v) is 5.19.